The molecule has 0 unspecified atom stereocenters. The van der Waals surface area contributed by atoms with Crippen molar-refractivity contribution < 1.29 is 14.2 Å². The molecule has 1 aliphatic rings. The average Bonchev–Trinajstić information content (AvgIpc) is 3.06. The first-order chi connectivity index (χ1) is 13.4. The topological polar surface area (TPSA) is 61.6 Å². The number of benzene rings is 1. The minimum absolute atomic E-state index is 0.165. The number of anilines is 1. The zero-order valence-corrected chi connectivity index (χ0v) is 18.0. The summed E-state index contributed by atoms with van der Waals surface area (Å²) in [7, 11) is 1.70. The molecular weight excluding hydrogens is 380 g/mol. The van der Waals surface area contributed by atoms with Crippen LogP contribution >= 0.6 is 11.6 Å². The van der Waals surface area contributed by atoms with Crippen molar-refractivity contribution in [2.45, 2.75) is 46.4 Å². The van der Waals surface area contributed by atoms with Crippen molar-refractivity contribution in [3.8, 4) is 5.75 Å². The first kappa shape index (κ1) is 20.9. The molecule has 7 nitrogen and oxygen atoms in total. The lowest BCUT2D eigenvalue weighted by molar-refractivity contribution is 0.0522. The molecule has 1 aromatic heterocycles. The Balaban J connectivity index is 1.88. The van der Waals surface area contributed by atoms with E-state index in [1.54, 1.807) is 7.11 Å². The van der Waals surface area contributed by atoms with Gasteiger partial charge in [-0.15, -0.1) is 10.2 Å². The molecular formula is C20H29ClN4O3. The number of hydrogen-bond donors (Lipinski definition) is 0. The zero-order chi connectivity index (χ0) is 20.3. The van der Waals surface area contributed by atoms with Gasteiger partial charge < -0.3 is 19.1 Å². The molecule has 1 aliphatic heterocycles. The third-order valence-corrected chi connectivity index (χ3v) is 5.10. The standard InChI is InChI=1S/C20H29ClN4O3/c1-13-10-17(21)11-14(2)18(13)28-16(4)19-22-23-20(25(19)7-8-26-5)24-6-9-27-15(3)12-24/h10-11,15-16H,6-9,12H2,1-5H3/t15-,16-/m0/s1. The fraction of sp³-hybridized carbons (Fsp3) is 0.600. The molecule has 1 saturated heterocycles. The molecule has 2 aromatic rings. The minimum atomic E-state index is -0.268. The van der Waals surface area contributed by atoms with E-state index in [1.165, 1.54) is 0 Å². The number of methoxy groups -OCH3 is 1. The molecule has 3 rings (SSSR count). The lowest BCUT2D eigenvalue weighted by Crippen LogP contribution is -2.42. The Labute approximate surface area is 171 Å². The van der Waals surface area contributed by atoms with Crippen molar-refractivity contribution in [3.63, 3.8) is 0 Å². The van der Waals surface area contributed by atoms with Gasteiger partial charge in [-0.05, 0) is 51.0 Å². The molecule has 28 heavy (non-hydrogen) atoms. The van der Waals surface area contributed by atoms with Gasteiger partial charge in [-0.2, -0.15) is 0 Å². The lowest BCUT2D eigenvalue weighted by Gasteiger charge is -2.32. The second kappa shape index (κ2) is 9.11. The van der Waals surface area contributed by atoms with E-state index in [0.29, 0.717) is 24.8 Å². The monoisotopic (exact) mass is 408 g/mol. The number of aromatic nitrogens is 3. The summed E-state index contributed by atoms with van der Waals surface area (Å²) >= 11 is 6.15. The van der Waals surface area contributed by atoms with Gasteiger partial charge in [0.25, 0.3) is 0 Å². The number of halogens is 1. The van der Waals surface area contributed by atoms with Crippen LogP contribution in [0.3, 0.4) is 0 Å². The Morgan fingerprint density at radius 2 is 2.00 bits per heavy atom. The molecule has 2 heterocycles. The van der Waals surface area contributed by atoms with Crippen LogP contribution in [0, 0.1) is 13.8 Å². The van der Waals surface area contributed by atoms with E-state index >= 15 is 0 Å². The van der Waals surface area contributed by atoms with Crippen LogP contribution in [0.5, 0.6) is 5.75 Å². The van der Waals surface area contributed by atoms with Gasteiger partial charge >= 0.3 is 0 Å². The van der Waals surface area contributed by atoms with Crippen LogP contribution in [0.15, 0.2) is 12.1 Å². The van der Waals surface area contributed by atoms with Crippen molar-refractivity contribution in [1.82, 2.24) is 14.8 Å². The van der Waals surface area contributed by atoms with Crippen LogP contribution in [0.2, 0.25) is 5.02 Å². The van der Waals surface area contributed by atoms with Gasteiger partial charge in [0.2, 0.25) is 5.95 Å². The summed E-state index contributed by atoms with van der Waals surface area (Å²) in [5.41, 5.74) is 2.00. The van der Waals surface area contributed by atoms with Crippen molar-refractivity contribution in [3.05, 3.63) is 34.1 Å². The van der Waals surface area contributed by atoms with Gasteiger partial charge in [-0.3, -0.25) is 4.57 Å². The summed E-state index contributed by atoms with van der Waals surface area (Å²) in [6.45, 7) is 11.6. The zero-order valence-electron chi connectivity index (χ0n) is 17.2. The second-order valence-electron chi connectivity index (χ2n) is 7.26. The van der Waals surface area contributed by atoms with E-state index in [4.69, 9.17) is 25.8 Å². The largest absolute Gasteiger partial charge is 0.482 e. The highest BCUT2D eigenvalue weighted by molar-refractivity contribution is 6.30. The van der Waals surface area contributed by atoms with Crippen molar-refractivity contribution in [2.75, 3.05) is 38.3 Å². The highest BCUT2D eigenvalue weighted by Gasteiger charge is 2.26. The molecule has 0 N–H and O–H groups in total. The molecule has 0 aliphatic carbocycles. The van der Waals surface area contributed by atoms with Crippen LogP contribution in [0.25, 0.3) is 0 Å². The summed E-state index contributed by atoms with van der Waals surface area (Å²) < 4.78 is 19.4. The molecule has 1 aromatic carbocycles. The normalized spacial score (nSPS) is 18.4. The third-order valence-electron chi connectivity index (χ3n) is 4.89. The minimum Gasteiger partial charge on any atom is -0.482 e. The second-order valence-corrected chi connectivity index (χ2v) is 7.70. The SMILES string of the molecule is COCCn1c([C@H](C)Oc2c(C)cc(Cl)cc2C)nnc1N1CCO[C@@H](C)C1. The summed E-state index contributed by atoms with van der Waals surface area (Å²) in [5, 5.41) is 9.65. The predicted molar refractivity (Wildman–Crippen MR) is 109 cm³/mol. The Morgan fingerprint density at radius 3 is 2.64 bits per heavy atom. The Morgan fingerprint density at radius 1 is 1.29 bits per heavy atom. The third kappa shape index (κ3) is 4.59. The van der Waals surface area contributed by atoms with Gasteiger partial charge in [0.05, 0.1) is 25.9 Å². The Bertz CT molecular complexity index is 788. The van der Waals surface area contributed by atoms with E-state index in [-0.39, 0.29) is 12.2 Å². The van der Waals surface area contributed by atoms with Crippen molar-refractivity contribution >= 4 is 17.5 Å². The first-order valence-corrected chi connectivity index (χ1v) is 10.0. The number of morpholine rings is 1. The maximum absolute atomic E-state index is 6.29. The number of aryl methyl sites for hydroxylation is 2. The Kier molecular flexibility index (Phi) is 6.80. The number of hydrogen-bond acceptors (Lipinski definition) is 6. The smallest absolute Gasteiger partial charge is 0.227 e. The first-order valence-electron chi connectivity index (χ1n) is 9.62. The molecule has 0 saturated carbocycles. The van der Waals surface area contributed by atoms with E-state index < -0.39 is 0 Å². The van der Waals surface area contributed by atoms with Gasteiger partial charge in [0.15, 0.2) is 11.9 Å². The molecule has 2 atom stereocenters. The Hall–Kier alpha value is -1.83. The summed E-state index contributed by atoms with van der Waals surface area (Å²) in [6.07, 6.45) is -0.104. The van der Waals surface area contributed by atoms with Gasteiger partial charge in [-0.25, -0.2) is 0 Å². The fourth-order valence-electron chi connectivity index (χ4n) is 3.55. The number of nitrogens with zero attached hydrogens (tertiary/aromatic N) is 4. The maximum atomic E-state index is 6.29. The molecule has 0 bridgehead atoms. The molecule has 8 heteroatoms. The van der Waals surface area contributed by atoms with E-state index in [0.717, 1.165) is 41.7 Å². The van der Waals surface area contributed by atoms with Crippen LogP contribution in [0.4, 0.5) is 5.95 Å². The van der Waals surface area contributed by atoms with Crippen molar-refractivity contribution in [2.24, 2.45) is 0 Å². The number of ether oxygens (including phenoxy) is 3. The van der Waals surface area contributed by atoms with Crippen molar-refractivity contribution in [1.29, 1.82) is 0 Å². The molecule has 154 valence electrons. The van der Waals surface area contributed by atoms with Crippen LogP contribution in [0.1, 0.15) is 36.9 Å². The highest BCUT2D eigenvalue weighted by atomic mass is 35.5. The maximum Gasteiger partial charge on any atom is 0.227 e. The fourth-order valence-corrected chi connectivity index (χ4v) is 3.88. The number of rotatable bonds is 7. The molecule has 0 spiro atoms. The van der Waals surface area contributed by atoms with Gasteiger partial charge in [0, 0.05) is 25.2 Å². The van der Waals surface area contributed by atoms with Crippen LogP contribution in [-0.4, -0.2) is 54.3 Å². The highest BCUT2D eigenvalue weighted by Crippen LogP contribution is 2.31. The van der Waals surface area contributed by atoms with Crippen LogP contribution < -0.4 is 9.64 Å². The van der Waals surface area contributed by atoms with Gasteiger partial charge in [0.1, 0.15) is 5.75 Å². The van der Waals surface area contributed by atoms with E-state index in [2.05, 4.69) is 26.6 Å². The van der Waals surface area contributed by atoms with E-state index in [1.807, 2.05) is 32.9 Å². The summed E-state index contributed by atoms with van der Waals surface area (Å²) in [4.78, 5) is 2.21. The summed E-state index contributed by atoms with van der Waals surface area (Å²) in [5.74, 6) is 2.45. The lowest BCUT2D eigenvalue weighted by atomic mass is 10.1. The van der Waals surface area contributed by atoms with E-state index in [9.17, 15) is 0 Å². The molecule has 0 amide bonds. The average molecular weight is 409 g/mol. The molecule has 0 radical (unpaired) electrons. The summed E-state index contributed by atoms with van der Waals surface area (Å²) in [6, 6.07) is 3.82. The predicted octanol–water partition coefficient (Wildman–Crippen LogP) is 3.56. The molecule has 1 fully saturated rings. The van der Waals surface area contributed by atoms with Crippen LogP contribution in [-0.2, 0) is 16.0 Å². The quantitative estimate of drug-likeness (QED) is 0.698. The van der Waals surface area contributed by atoms with Gasteiger partial charge in [-0.1, -0.05) is 11.6 Å².